The molecule has 3 aromatic heterocycles. The number of pyridine rings is 1. The van der Waals surface area contributed by atoms with E-state index in [1.807, 2.05) is 53.1 Å². The third-order valence-corrected chi connectivity index (χ3v) is 9.61. The van der Waals surface area contributed by atoms with E-state index in [0.717, 1.165) is 71.6 Å². The Morgan fingerprint density at radius 1 is 0.319 bits per heavy atom. The van der Waals surface area contributed by atoms with E-state index in [-0.39, 0.29) is 5.56 Å². The molecule has 3 heterocycles. The second kappa shape index (κ2) is 9.80. The van der Waals surface area contributed by atoms with Gasteiger partial charge in [0.1, 0.15) is 0 Å². The largest absolute Gasteiger partial charge is 0.309 e. The topological polar surface area (TPSA) is 31.9 Å². The number of rotatable bonds is 3. The number of hydrogen-bond donors (Lipinski definition) is 0. The highest BCUT2D eigenvalue weighted by Gasteiger charge is 2.22. The van der Waals surface area contributed by atoms with Crippen LogP contribution in [0.15, 0.2) is 169 Å². The van der Waals surface area contributed by atoms with Gasteiger partial charge in [-0.15, -0.1) is 0 Å². The summed E-state index contributed by atoms with van der Waals surface area (Å²) in [7, 11) is 0. The van der Waals surface area contributed by atoms with Gasteiger partial charge in [0.25, 0.3) is 5.56 Å². The Morgan fingerprint density at radius 2 is 0.787 bits per heavy atom. The summed E-state index contributed by atoms with van der Waals surface area (Å²) in [4.78, 5) is 14.9. The van der Waals surface area contributed by atoms with Crippen molar-refractivity contribution in [3.63, 3.8) is 0 Å². The number of benzene rings is 7. The summed E-state index contributed by atoms with van der Waals surface area (Å²) in [6, 6.07) is 56.8. The predicted molar refractivity (Wildman–Crippen MR) is 196 cm³/mol. The molecule has 7 aromatic carbocycles. The van der Waals surface area contributed by atoms with Crippen molar-refractivity contribution in [2.24, 2.45) is 0 Å². The molecule has 0 fully saturated rings. The van der Waals surface area contributed by atoms with E-state index in [9.17, 15) is 4.79 Å². The lowest BCUT2D eigenvalue weighted by Gasteiger charge is -2.17. The van der Waals surface area contributed by atoms with Crippen LogP contribution in [-0.2, 0) is 0 Å². The lowest BCUT2D eigenvalue weighted by molar-refractivity contribution is 1.06. The van der Waals surface area contributed by atoms with Crippen LogP contribution < -0.4 is 5.56 Å². The smallest absolute Gasteiger partial charge is 0.263 e. The molecule has 0 spiro atoms. The average molecular weight is 602 g/mol. The molecular formula is C43H27N3O. The average Bonchev–Trinajstić information content (AvgIpc) is 3.65. The quantitative estimate of drug-likeness (QED) is 0.185. The van der Waals surface area contributed by atoms with Crippen molar-refractivity contribution in [2.75, 3.05) is 0 Å². The minimum atomic E-state index is -0.0350. The third-order valence-electron chi connectivity index (χ3n) is 9.61. The Labute approximate surface area is 269 Å². The predicted octanol–water partition coefficient (Wildman–Crippen LogP) is 10.3. The van der Waals surface area contributed by atoms with Crippen LogP contribution in [0.4, 0.5) is 0 Å². The van der Waals surface area contributed by atoms with E-state index < -0.39 is 0 Å². The van der Waals surface area contributed by atoms with Crippen LogP contribution in [0.5, 0.6) is 0 Å². The van der Waals surface area contributed by atoms with Gasteiger partial charge in [-0.3, -0.25) is 9.36 Å². The molecule has 4 nitrogen and oxygen atoms in total. The van der Waals surface area contributed by atoms with Crippen LogP contribution in [0, 0.1) is 0 Å². The van der Waals surface area contributed by atoms with Gasteiger partial charge < -0.3 is 9.13 Å². The Balaban J connectivity index is 1.50. The Kier molecular flexibility index (Phi) is 5.40. The van der Waals surface area contributed by atoms with Crippen LogP contribution in [0.25, 0.3) is 82.3 Å². The summed E-state index contributed by atoms with van der Waals surface area (Å²) >= 11 is 0. The second-order valence-corrected chi connectivity index (χ2v) is 12.1. The molecule has 0 bridgehead atoms. The van der Waals surface area contributed by atoms with Crippen molar-refractivity contribution >= 4 is 65.3 Å². The normalized spacial score (nSPS) is 11.9. The number of nitrogens with zero attached hydrogens (tertiary/aromatic N) is 3. The number of aromatic nitrogens is 3. The molecule has 0 aliphatic carbocycles. The molecule has 0 aliphatic rings. The van der Waals surface area contributed by atoms with Crippen molar-refractivity contribution in [3.8, 4) is 17.1 Å². The van der Waals surface area contributed by atoms with E-state index in [1.165, 1.54) is 5.39 Å². The first-order chi connectivity index (χ1) is 23.3. The maximum atomic E-state index is 14.9. The first-order valence-corrected chi connectivity index (χ1v) is 15.9. The maximum Gasteiger partial charge on any atom is 0.263 e. The number of fused-ring (bicyclic) bond motifs is 10. The molecule has 0 amide bonds. The highest BCUT2D eigenvalue weighted by atomic mass is 16.1. The van der Waals surface area contributed by atoms with Crippen LogP contribution >= 0.6 is 0 Å². The zero-order chi connectivity index (χ0) is 31.1. The van der Waals surface area contributed by atoms with Gasteiger partial charge in [-0.25, -0.2) is 0 Å². The zero-order valence-corrected chi connectivity index (χ0v) is 25.3. The fourth-order valence-corrected chi connectivity index (χ4v) is 7.66. The van der Waals surface area contributed by atoms with Gasteiger partial charge in [0.05, 0.1) is 33.0 Å². The van der Waals surface area contributed by atoms with Crippen molar-refractivity contribution in [3.05, 3.63) is 174 Å². The zero-order valence-electron chi connectivity index (χ0n) is 25.3. The van der Waals surface area contributed by atoms with Crippen LogP contribution in [-0.4, -0.2) is 13.7 Å². The maximum absolute atomic E-state index is 14.9. The van der Waals surface area contributed by atoms with Crippen molar-refractivity contribution < 1.29 is 0 Å². The molecular weight excluding hydrogens is 574 g/mol. The van der Waals surface area contributed by atoms with Gasteiger partial charge in [-0.1, -0.05) is 97.1 Å². The highest BCUT2D eigenvalue weighted by molar-refractivity contribution is 6.27. The summed E-state index contributed by atoms with van der Waals surface area (Å²) in [5.74, 6) is 0. The van der Waals surface area contributed by atoms with Crippen molar-refractivity contribution in [1.29, 1.82) is 0 Å². The first-order valence-electron chi connectivity index (χ1n) is 15.9. The monoisotopic (exact) mass is 601 g/mol. The lowest BCUT2D eigenvalue weighted by Crippen LogP contribution is -2.19. The van der Waals surface area contributed by atoms with Gasteiger partial charge in [0.15, 0.2) is 0 Å². The standard InChI is InChI=1S/C43H27N3O/c47-43-34-25-24-33-31-20-10-13-23-38(31)45(29-16-6-2-7-17-29)42(33)41(34)36-26-35-32-21-11-12-22-37(32)44(28-14-4-1-5-15-28)39(35)27-40(36)46(43)30-18-8-3-9-19-30/h1-27H. The molecule has 47 heavy (non-hydrogen) atoms. The summed E-state index contributed by atoms with van der Waals surface area (Å²) in [5.41, 5.74) is 8.18. The molecule has 0 saturated heterocycles. The molecule has 0 atom stereocenters. The lowest BCUT2D eigenvalue weighted by atomic mass is 10.00. The second-order valence-electron chi connectivity index (χ2n) is 12.1. The fraction of sp³-hybridized carbons (Fsp3) is 0. The molecule has 10 aromatic rings. The molecule has 10 rings (SSSR count). The van der Waals surface area contributed by atoms with Crippen LogP contribution in [0.2, 0.25) is 0 Å². The number of hydrogen-bond acceptors (Lipinski definition) is 1. The van der Waals surface area contributed by atoms with Crippen molar-refractivity contribution in [1.82, 2.24) is 13.7 Å². The van der Waals surface area contributed by atoms with Gasteiger partial charge in [0.2, 0.25) is 0 Å². The molecule has 0 saturated carbocycles. The molecule has 4 heteroatoms. The summed E-state index contributed by atoms with van der Waals surface area (Å²) in [5, 5.41) is 7.31. The van der Waals surface area contributed by atoms with Gasteiger partial charge in [-0.2, -0.15) is 0 Å². The molecule has 0 radical (unpaired) electrons. The minimum Gasteiger partial charge on any atom is -0.309 e. The van der Waals surface area contributed by atoms with E-state index in [0.29, 0.717) is 5.39 Å². The van der Waals surface area contributed by atoms with Crippen LogP contribution in [0.3, 0.4) is 0 Å². The van der Waals surface area contributed by atoms with E-state index >= 15 is 0 Å². The SMILES string of the molecule is O=c1c2ccc3c4ccccc4n(-c4ccccc4)c3c2c2cc3c4ccccc4n(-c4ccccc4)c3cc2n1-c1ccccc1. The van der Waals surface area contributed by atoms with Crippen LogP contribution in [0.1, 0.15) is 0 Å². The highest BCUT2D eigenvalue weighted by Crippen LogP contribution is 2.41. The Bertz CT molecular complexity index is 2900. The Morgan fingerprint density at radius 3 is 1.43 bits per heavy atom. The van der Waals surface area contributed by atoms with E-state index in [4.69, 9.17) is 0 Å². The van der Waals surface area contributed by atoms with Gasteiger partial charge in [0, 0.05) is 49.4 Å². The third kappa shape index (κ3) is 3.61. The molecule has 0 aliphatic heterocycles. The number of para-hydroxylation sites is 5. The molecule has 0 unspecified atom stereocenters. The van der Waals surface area contributed by atoms with Gasteiger partial charge >= 0.3 is 0 Å². The molecule has 220 valence electrons. The van der Waals surface area contributed by atoms with Gasteiger partial charge in [-0.05, 0) is 66.7 Å². The summed E-state index contributed by atoms with van der Waals surface area (Å²) in [6.45, 7) is 0. The molecule has 0 N–H and O–H groups in total. The fourth-order valence-electron chi connectivity index (χ4n) is 7.66. The minimum absolute atomic E-state index is 0.0350. The van der Waals surface area contributed by atoms with E-state index in [2.05, 4.69) is 124 Å². The summed E-state index contributed by atoms with van der Waals surface area (Å²) in [6.07, 6.45) is 0. The Hall–Kier alpha value is -6.39. The first kappa shape index (κ1) is 25.9. The van der Waals surface area contributed by atoms with Crippen molar-refractivity contribution in [2.45, 2.75) is 0 Å². The summed E-state index contributed by atoms with van der Waals surface area (Å²) < 4.78 is 6.54. The van der Waals surface area contributed by atoms with E-state index in [1.54, 1.807) is 0 Å².